The minimum Gasteiger partial charge on any atom is -0.456 e. The molecule has 0 saturated heterocycles. The first-order valence-electron chi connectivity index (χ1n) is 47.8. The minimum absolute atomic E-state index is 0.577. The number of fused-ring (bicyclic) bond motifs is 24. The van der Waals surface area contributed by atoms with E-state index in [1.54, 1.807) is 22.7 Å². The molecule has 12 nitrogen and oxygen atoms in total. The van der Waals surface area contributed by atoms with Crippen molar-refractivity contribution in [2.75, 3.05) is 0 Å². The van der Waals surface area contributed by atoms with Gasteiger partial charge in [0.15, 0.2) is 52.4 Å². The van der Waals surface area contributed by atoms with Gasteiger partial charge in [-0.05, 0) is 187 Å². The molecule has 0 fully saturated rings. The molecule has 0 N–H and O–H groups in total. The standard InChI is InChI=1S/C49H29N3OS.C43H25N3OS.C37H21N3OS/c1-3-11-30(12-4-1)35-26-36(31-13-5-2-6-14-31)28-37(27-35)49-51-47(50-48(52-49)34-21-24-45-41(29-34)39-15-8-10-18-44(39)54-45)33-19-22-38-32(25-33)20-23-43-46(38)40-16-7-9-17-42(40)53-43;1-2-11-26(12-3-1)27-21-23-28(24-22-27)41-44-42(33-17-10-20-37-38(33)32-16-7-9-19-36(32)48-37)46-43(45-41)34-25-29-13-4-5-14-30(29)39-31-15-6-8-18-35(31)47-40(34)39;1-2-10-23(11-3-1)35-38-36(40-37(39-35)27-14-8-16-32-34(27)26-13-6-7-15-31(26)42-32)24-18-19-29-28(21-24)33-25-12-5-4-9-22(25)17-20-30(33)41-29/h1-29H;1-25H;1-21H. The fraction of sp³-hybridized carbons (Fsp3) is 0. The summed E-state index contributed by atoms with van der Waals surface area (Å²) in [6, 6.07) is 158. The number of para-hydroxylation sites is 2. The van der Waals surface area contributed by atoms with Gasteiger partial charge in [-0.1, -0.05) is 334 Å². The number of rotatable bonds is 12. The molecule has 0 aliphatic heterocycles. The van der Waals surface area contributed by atoms with Crippen LogP contribution in [0.25, 0.3) is 295 Å². The van der Waals surface area contributed by atoms with Crippen molar-refractivity contribution in [3.8, 4) is 136 Å². The molecule has 0 aliphatic carbocycles. The molecule has 9 heterocycles. The van der Waals surface area contributed by atoms with Crippen LogP contribution in [0.1, 0.15) is 0 Å². The minimum atomic E-state index is 0.577. The Bertz CT molecular complexity index is 10300. The highest BCUT2D eigenvalue weighted by atomic mass is 32.1. The van der Waals surface area contributed by atoms with Crippen molar-refractivity contribution in [3.05, 3.63) is 455 Å². The SMILES string of the molecule is c1ccc(-c2cc(-c3ccccc3)cc(-c3nc(-c4ccc5c(ccc6oc7ccccc7c65)c4)nc(-c4ccc5sc6ccccc6c5c4)n3)c2)cc1.c1ccc(-c2ccc(-c3nc(-c4cc5ccccc5c5c4oc4ccccc45)nc(-c4cccc5sc6ccccc6c45)n3)cc2)cc1.c1ccc(-c2nc(-c3ccc4oc5ccc6ccccc6c5c4c3)nc(-c3cccc4sc5ccccc5c34)n2)cc1. The predicted molar refractivity (Wildman–Crippen MR) is 598 cm³/mol. The number of thiophene rings is 3. The Morgan fingerprint density at radius 2 is 0.465 bits per heavy atom. The van der Waals surface area contributed by atoms with Gasteiger partial charge in [0.25, 0.3) is 0 Å². The van der Waals surface area contributed by atoms with Crippen LogP contribution < -0.4 is 0 Å². The Labute approximate surface area is 835 Å². The number of aromatic nitrogens is 9. The first kappa shape index (κ1) is 83.6. The Kier molecular flexibility index (Phi) is 20.2. The summed E-state index contributed by atoms with van der Waals surface area (Å²) in [7, 11) is 0. The summed E-state index contributed by atoms with van der Waals surface area (Å²) in [4.78, 5) is 46.5. The third-order valence-corrected chi connectivity index (χ3v) is 30.8. The summed E-state index contributed by atoms with van der Waals surface area (Å²) >= 11 is 5.39. The van der Waals surface area contributed by atoms with Gasteiger partial charge in [-0.2, -0.15) is 0 Å². The van der Waals surface area contributed by atoms with E-state index in [0.29, 0.717) is 52.4 Å². The van der Waals surface area contributed by atoms with Gasteiger partial charge in [0.05, 0.1) is 5.56 Å². The van der Waals surface area contributed by atoms with Crippen LogP contribution in [0.15, 0.2) is 468 Å². The fourth-order valence-corrected chi connectivity index (χ4v) is 23.9. The predicted octanol–water partition coefficient (Wildman–Crippen LogP) is 35.9. The normalized spacial score (nSPS) is 11.8. The summed E-state index contributed by atoms with van der Waals surface area (Å²) in [5.74, 6) is 5.64. The maximum absolute atomic E-state index is 6.62. The molecule has 0 spiro atoms. The zero-order chi connectivity index (χ0) is 94.8. The van der Waals surface area contributed by atoms with Crippen LogP contribution in [-0.4, -0.2) is 44.9 Å². The van der Waals surface area contributed by atoms with E-state index in [0.717, 1.165) is 171 Å². The van der Waals surface area contributed by atoms with Crippen molar-refractivity contribution in [3.63, 3.8) is 0 Å². The van der Waals surface area contributed by atoms with Gasteiger partial charge in [-0.25, -0.2) is 44.9 Å². The van der Waals surface area contributed by atoms with Crippen molar-refractivity contribution in [1.29, 1.82) is 0 Å². The van der Waals surface area contributed by atoms with E-state index < -0.39 is 0 Å². The topological polar surface area (TPSA) is 155 Å². The van der Waals surface area contributed by atoms with Crippen LogP contribution in [0.4, 0.5) is 0 Å². The van der Waals surface area contributed by atoms with Gasteiger partial charge < -0.3 is 13.3 Å². The van der Waals surface area contributed by atoms with Crippen LogP contribution in [-0.2, 0) is 0 Å². The lowest BCUT2D eigenvalue weighted by Gasteiger charge is -2.13. The number of benzene rings is 21. The summed E-state index contributed by atoms with van der Waals surface area (Å²) in [6.07, 6.45) is 0. The Balaban J connectivity index is 0.000000106. The molecule has 0 atom stereocenters. The van der Waals surface area contributed by atoms with E-state index in [9.17, 15) is 0 Å². The lowest BCUT2D eigenvalue weighted by Crippen LogP contribution is -2.01. The first-order valence-corrected chi connectivity index (χ1v) is 50.3. The van der Waals surface area contributed by atoms with Crippen molar-refractivity contribution in [1.82, 2.24) is 44.9 Å². The third kappa shape index (κ3) is 14.8. The molecular formula is C129H75N9O3S3. The van der Waals surface area contributed by atoms with Gasteiger partial charge in [0.2, 0.25) is 0 Å². The van der Waals surface area contributed by atoms with Crippen molar-refractivity contribution < 1.29 is 13.3 Å². The van der Waals surface area contributed by atoms with Gasteiger partial charge in [-0.3, -0.25) is 0 Å². The molecule has 9 aromatic heterocycles. The number of nitrogens with zero attached hydrogens (tertiary/aromatic N) is 9. The van der Waals surface area contributed by atoms with Gasteiger partial charge in [-0.15, -0.1) is 34.0 Å². The highest BCUT2D eigenvalue weighted by Crippen LogP contribution is 2.48. The van der Waals surface area contributed by atoms with E-state index in [2.05, 4.69) is 370 Å². The third-order valence-electron chi connectivity index (χ3n) is 27.4. The molecule has 30 aromatic rings. The van der Waals surface area contributed by atoms with Gasteiger partial charge >= 0.3 is 0 Å². The lowest BCUT2D eigenvalue weighted by atomic mass is 9.96. The molecule has 21 aromatic carbocycles. The van der Waals surface area contributed by atoms with Crippen LogP contribution in [0.3, 0.4) is 0 Å². The average Bonchev–Trinajstić information content (AvgIpc) is 1.58. The summed E-state index contributed by atoms with van der Waals surface area (Å²) in [6.45, 7) is 0. The van der Waals surface area contributed by atoms with Crippen molar-refractivity contribution in [2.45, 2.75) is 0 Å². The fourth-order valence-electron chi connectivity index (χ4n) is 20.6. The zero-order valence-electron chi connectivity index (χ0n) is 76.8. The quantitative estimate of drug-likeness (QED) is 0.114. The second kappa shape index (κ2) is 34.8. The van der Waals surface area contributed by atoms with Gasteiger partial charge in [0, 0.05) is 137 Å². The molecular weight excluding hydrogens is 1820 g/mol. The van der Waals surface area contributed by atoms with Crippen LogP contribution in [0.2, 0.25) is 0 Å². The van der Waals surface area contributed by atoms with Gasteiger partial charge in [0.1, 0.15) is 33.5 Å². The molecule has 144 heavy (non-hydrogen) atoms. The van der Waals surface area contributed by atoms with Crippen molar-refractivity contribution in [2.24, 2.45) is 0 Å². The molecule has 672 valence electrons. The molecule has 0 unspecified atom stereocenters. The molecule has 0 bridgehead atoms. The largest absolute Gasteiger partial charge is 0.456 e. The highest BCUT2D eigenvalue weighted by Gasteiger charge is 2.26. The Morgan fingerprint density at radius 3 is 1.05 bits per heavy atom. The molecule has 0 saturated carbocycles. The molecule has 0 radical (unpaired) electrons. The van der Waals surface area contributed by atoms with Crippen LogP contribution >= 0.6 is 34.0 Å². The average molecular weight is 1900 g/mol. The van der Waals surface area contributed by atoms with Crippen LogP contribution in [0.5, 0.6) is 0 Å². The molecule has 0 aliphatic rings. The van der Waals surface area contributed by atoms with E-state index in [4.69, 9.17) is 58.1 Å². The second-order valence-corrected chi connectivity index (χ2v) is 39.3. The second-order valence-electron chi connectivity index (χ2n) is 36.0. The maximum atomic E-state index is 6.62. The molecule has 15 heteroatoms. The van der Waals surface area contributed by atoms with Crippen LogP contribution in [0, 0.1) is 0 Å². The van der Waals surface area contributed by atoms with E-state index >= 15 is 0 Å². The number of furan rings is 3. The molecule has 30 rings (SSSR count). The maximum Gasteiger partial charge on any atom is 0.167 e. The van der Waals surface area contributed by atoms with E-state index in [-0.39, 0.29) is 0 Å². The number of hydrogen-bond acceptors (Lipinski definition) is 15. The van der Waals surface area contributed by atoms with E-state index in [1.807, 2.05) is 96.3 Å². The Morgan fingerprint density at radius 1 is 0.139 bits per heavy atom. The zero-order valence-corrected chi connectivity index (χ0v) is 79.2. The smallest absolute Gasteiger partial charge is 0.167 e. The summed E-state index contributed by atoms with van der Waals surface area (Å²) in [5, 5.41) is 20.6. The molecule has 0 amide bonds. The summed E-state index contributed by atoms with van der Waals surface area (Å²) in [5.41, 5.74) is 20.3. The first-order chi connectivity index (χ1) is 71.3. The summed E-state index contributed by atoms with van der Waals surface area (Å²) < 4.78 is 26.5. The monoisotopic (exact) mass is 1890 g/mol. The van der Waals surface area contributed by atoms with E-state index in [1.165, 1.54) is 71.5 Å². The van der Waals surface area contributed by atoms with Crippen molar-refractivity contribution >= 4 is 193 Å². The Hall–Kier alpha value is -18.5. The number of hydrogen-bond donors (Lipinski definition) is 0. The highest BCUT2D eigenvalue weighted by molar-refractivity contribution is 7.26. The lowest BCUT2D eigenvalue weighted by molar-refractivity contribution is 0.669.